The molecule has 0 radical (unpaired) electrons. The highest BCUT2D eigenvalue weighted by atomic mass is 35.5. The van der Waals surface area contributed by atoms with E-state index in [9.17, 15) is 10.1 Å². The molecule has 0 spiro atoms. The molecule has 3 rings (SSSR count). The predicted molar refractivity (Wildman–Crippen MR) is 117 cm³/mol. The normalized spacial score (nSPS) is 11.1. The Morgan fingerprint density at radius 1 is 1.23 bits per heavy atom. The summed E-state index contributed by atoms with van der Waals surface area (Å²) in [4.78, 5) is 12.6. The van der Waals surface area contributed by atoms with E-state index in [4.69, 9.17) is 16.3 Å². The van der Waals surface area contributed by atoms with Crippen LogP contribution in [0.1, 0.15) is 23.7 Å². The van der Waals surface area contributed by atoms with Crippen LogP contribution in [0.2, 0.25) is 5.15 Å². The van der Waals surface area contributed by atoms with E-state index in [1.165, 1.54) is 6.08 Å². The van der Waals surface area contributed by atoms with Crippen molar-refractivity contribution in [1.29, 1.82) is 5.26 Å². The molecule has 0 bridgehead atoms. The van der Waals surface area contributed by atoms with Crippen molar-refractivity contribution in [1.82, 2.24) is 9.78 Å². The van der Waals surface area contributed by atoms with E-state index in [-0.39, 0.29) is 5.57 Å². The number of nitriles is 1. The highest BCUT2D eigenvalue weighted by Crippen LogP contribution is 2.24. The molecule has 3 aromatic rings. The van der Waals surface area contributed by atoms with Gasteiger partial charge < -0.3 is 10.1 Å². The van der Waals surface area contributed by atoms with Crippen molar-refractivity contribution in [2.24, 2.45) is 0 Å². The third-order valence-electron chi connectivity index (χ3n) is 4.36. The molecule has 6 nitrogen and oxygen atoms in total. The SMILES string of the molecule is CCOc1ccc(NC(=O)/C(C#N)=C/c2c(C)nn(Cc3ccccc3)c2Cl)cc1. The van der Waals surface area contributed by atoms with Gasteiger partial charge >= 0.3 is 0 Å². The second-order valence-corrected chi connectivity index (χ2v) is 6.87. The lowest BCUT2D eigenvalue weighted by molar-refractivity contribution is -0.112. The number of ether oxygens (including phenoxy) is 1. The maximum atomic E-state index is 12.6. The van der Waals surface area contributed by atoms with Gasteiger partial charge in [0.25, 0.3) is 5.91 Å². The first-order valence-corrected chi connectivity index (χ1v) is 9.82. The van der Waals surface area contributed by atoms with Crippen LogP contribution in [0, 0.1) is 18.3 Å². The number of amides is 1. The van der Waals surface area contributed by atoms with Crippen LogP contribution in [0.15, 0.2) is 60.2 Å². The summed E-state index contributed by atoms with van der Waals surface area (Å²) in [5, 5.41) is 17.0. The lowest BCUT2D eigenvalue weighted by Gasteiger charge is -2.06. The fraction of sp³-hybridized carbons (Fsp3) is 0.174. The molecule has 1 heterocycles. The largest absolute Gasteiger partial charge is 0.494 e. The zero-order chi connectivity index (χ0) is 21.5. The number of anilines is 1. The van der Waals surface area contributed by atoms with Gasteiger partial charge in [0.05, 0.1) is 18.8 Å². The average Bonchev–Trinajstić information content (AvgIpc) is 3.01. The summed E-state index contributed by atoms with van der Waals surface area (Å²) >= 11 is 6.49. The van der Waals surface area contributed by atoms with Crippen LogP contribution in [0.4, 0.5) is 5.69 Å². The monoisotopic (exact) mass is 420 g/mol. The Labute approximate surface area is 180 Å². The molecule has 30 heavy (non-hydrogen) atoms. The molecule has 0 saturated carbocycles. The minimum Gasteiger partial charge on any atom is -0.494 e. The van der Waals surface area contributed by atoms with E-state index in [0.717, 1.165) is 5.56 Å². The van der Waals surface area contributed by atoms with E-state index >= 15 is 0 Å². The zero-order valence-corrected chi connectivity index (χ0v) is 17.5. The Bertz CT molecular complexity index is 1100. The first kappa shape index (κ1) is 21.2. The Hall–Kier alpha value is -3.56. The summed E-state index contributed by atoms with van der Waals surface area (Å²) < 4.78 is 7.03. The number of aromatic nitrogens is 2. The molecule has 1 amide bonds. The van der Waals surface area contributed by atoms with Gasteiger partial charge in [0.2, 0.25) is 0 Å². The summed E-state index contributed by atoms with van der Waals surface area (Å²) in [6.07, 6.45) is 1.47. The van der Waals surface area contributed by atoms with Gasteiger partial charge in [0, 0.05) is 11.3 Å². The second-order valence-electron chi connectivity index (χ2n) is 6.51. The lowest BCUT2D eigenvalue weighted by Crippen LogP contribution is -2.13. The highest BCUT2D eigenvalue weighted by molar-refractivity contribution is 6.31. The number of halogens is 1. The maximum absolute atomic E-state index is 12.6. The van der Waals surface area contributed by atoms with Gasteiger partial charge in [-0.05, 0) is 49.8 Å². The fourth-order valence-electron chi connectivity index (χ4n) is 2.88. The van der Waals surface area contributed by atoms with Crippen molar-refractivity contribution < 1.29 is 9.53 Å². The van der Waals surface area contributed by atoms with E-state index < -0.39 is 5.91 Å². The summed E-state index contributed by atoms with van der Waals surface area (Å²) in [7, 11) is 0. The van der Waals surface area contributed by atoms with Gasteiger partial charge in [-0.15, -0.1) is 0 Å². The van der Waals surface area contributed by atoms with Gasteiger partial charge in [0.1, 0.15) is 22.5 Å². The van der Waals surface area contributed by atoms with Gasteiger partial charge in [-0.2, -0.15) is 10.4 Å². The molecule has 0 unspecified atom stereocenters. The first-order valence-electron chi connectivity index (χ1n) is 9.44. The Balaban J connectivity index is 1.80. The number of hydrogen-bond donors (Lipinski definition) is 1. The summed E-state index contributed by atoms with van der Waals surface area (Å²) in [6.45, 7) is 4.74. The molecule has 1 N–H and O–H groups in total. The average molecular weight is 421 g/mol. The first-order chi connectivity index (χ1) is 14.5. The van der Waals surface area contributed by atoms with Crippen LogP contribution in [0.5, 0.6) is 5.75 Å². The molecule has 0 aliphatic rings. The van der Waals surface area contributed by atoms with E-state index in [2.05, 4.69) is 10.4 Å². The molecule has 0 saturated heterocycles. The molecular formula is C23H21ClN4O2. The number of carbonyl (C=O) groups excluding carboxylic acids is 1. The minimum absolute atomic E-state index is 0.0619. The van der Waals surface area contributed by atoms with Crippen molar-refractivity contribution in [2.75, 3.05) is 11.9 Å². The van der Waals surface area contributed by atoms with Crippen molar-refractivity contribution in [3.05, 3.63) is 82.1 Å². The molecule has 0 aliphatic carbocycles. The molecule has 1 aromatic heterocycles. The van der Waals surface area contributed by atoms with Gasteiger partial charge in [-0.3, -0.25) is 4.79 Å². The minimum atomic E-state index is -0.520. The van der Waals surface area contributed by atoms with Gasteiger partial charge in [-0.1, -0.05) is 41.9 Å². The predicted octanol–water partition coefficient (Wildman–Crippen LogP) is 4.84. The zero-order valence-electron chi connectivity index (χ0n) is 16.7. The topological polar surface area (TPSA) is 79.9 Å². The van der Waals surface area contributed by atoms with Crippen molar-refractivity contribution in [2.45, 2.75) is 20.4 Å². The van der Waals surface area contributed by atoms with Crippen molar-refractivity contribution >= 4 is 29.3 Å². The van der Waals surface area contributed by atoms with Crippen LogP contribution in [0.3, 0.4) is 0 Å². The number of aryl methyl sites for hydroxylation is 1. The van der Waals surface area contributed by atoms with Crippen LogP contribution < -0.4 is 10.1 Å². The second kappa shape index (κ2) is 9.77. The van der Waals surface area contributed by atoms with E-state index in [1.807, 2.05) is 43.3 Å². The number of nitrogens with one attached hydrogen (secondary N) is 1. The molecule has 7 heteroatoms. The van der Waals surface area contributed by atoms with Crippen LogP contribution >= 0.6 is 11.6 Å². The van der Waals surface area contributed by atoms with Gasteiger partial charge in [0.15, 0.2) is 0 Å². The quantitative estimate of drug-likeness (QED) is 0.438. The number of hydrogen-bond acceptors (Lipinski definition) is 4. The fourth-order valence-corrected chi connectivity index (χ4v) is 3.17. The molecular weight excluding hydrogens is 400 g/mol. The van der Waals surface area contributed by atoms with Crippen LogP contribution in [-0.2, 0) is 11.3 Å². The summed E-state index contributed by atoms with van der Waals surface area (Å²) in [5.41, 5.74) is 2.73. The maximum Gasteiger partial charge on any atom is 0.266 e. The van der Waals surface area contributed by atoms with E-state index in [0.29, 0.717) is 41.0 Å². The third-order valence-corrected chi connectivity index (χ3v) is 4.76. The summed E-state index contributed by atoms with van der Waals surface area (Å²) in [5.74, 6) is 0.188. The number of carbonyl (C=O) groups is 1. The third kappa shape index (κ3) is 5.07. The Kier molecular flexibility index (Phi) is 6.89. The molecule has 2 aromatic carbocycles. The summed E-state index contributed by atoms with van der Waals surface area (Å²) in [6, 6.07) is 18.7. The standard InChI is InChI=1S/C23H21ClN4O2/c1-3-30-20-11-9-19(10-12-20)26-23(29)18(14-25)13-21-16(2)27-28(22(21)24)15-17-7-5-4-6-8-17/h4-13H,3,15H2,1-2H3,(H,26,29)/b18-13+. The molecule has 0 aliphatic heterocycles. The number of rotatable bonds is 7. The Morgan fingerprint density at radius 2 is 1.93 bits per heavy atom. The smallest absolute Gasteiger partial charge is 0.266 e. The molecule has 152 valence electrons. The van der Waals surface area contributed by atoms with Crippen molar-refractivity contribution in [3.63, 3.8) is 0 Å². The van der Waals surface area contributed by atoms with E-state index in [1.54, 1.807) is 35.9 Å². The molecule has 0 fully saturated rings. The van der Waals surface area contributed by atoms with Gasteiger partial charge in [-0.25, -0.2) is 4.68 Å². The number of nitrogens with zero attached hydrogens (tertiary/aromatic N) is 3. The Morgan fingerprint density at radius 3 is 2.57 bits per heavy atom. The van der Waals surface area contributed by atoms with Crippen molar-refractivity contribution in [3.8, 4) is 11.8 Å². The lowest BCUT2D eigenvalue weighted by atomic mass is 10.1. The molecule has 0 atom stereocenters. The van der Waals surface area contributed by atoms with Crippen LogP contribution in [-0.4, -0.2) is 22.3 Å². The van der Waals surface area contributed by atoms with Crippen LogP contribution in [0.25, 0.3) is 6.08 Å². The highest BCUT2D eigenvalue weighted by Gasteiger charge is 2.16. The number of benzene rings is 2.